The predicted octanol–water partition coefficient (Wildman–Crippen LogP) is 2.81. The Hall–Kier alpha value is -1.81. The number of fused-ring (bicyclic) bond motifs is 1. The summed E-state index contributed by atoms with van der Waals surface area (Å²) >= 11 is 0. The molecule has 0 bridgehead atoms. The normalized spacial score (nSPS) is 16.1. The largest absolute Gasteiger partial charge is 0.478 e. The quantitative estimate of drug-likeness (QED) is 0.900. The maximum atomic E-state index is 11.3. The predicted molar refractivity (Wildman–Crippen MR) is 79.4 cm³/mol. The van der Waals surface area contributed by atoms with Gasteiger partial charge in [-0.25, -0.2) is 4.79 Å². The Morgan fingerprint density at radius 1 is 1.35 bits per heavy atom. The van der Waals surface area contributed by atoms with E-state index in [9.17, 15) is 9.90 Å². The number of hydrogen-bond donors (Lipinski definition) is 2. The number of nitrogens with zero attached hydrogens (tertiary/aromatic N) is 1. The third kappa shape index (κ3) is 2.31. The van der Waals surface area contributed by atoms with E-state index in [1.807, 2.05) is 19.1 Å². The maximum Gasteiger partial charge on any atom is 0.337 e. The smallest absolute Gasteiger partial charge is 0.337 e. The average Bonchev–Trinajstić information content (AvgIpc) is 3.02. The molecular weight excluding hydrogens is 252 g/mol. The molecule has 1 saturated heterocycles. The van der Waals surface area contributed by atoms with Crippen molar-refractivity contribution in [3.05, 3.63) is 35.0 Å². The number of nitrogens with one attached hydrogen (secondary N) is 1. The minimum Gasteiger partial charge on any atom is -0.478 e. The van der Waals surface area contributed by atoms with Gasteiger partial charge in [-0.1, -0.05) is 12.1 Å². The van der Waals surface area contributed by atoms with Crippen molar-refractivity contribution in [2.45, 2.75) is 26.2 Å². The number of aromatic amines is 1. The third-order valence-corrected chi connectivity index (χ3v) is 4.26. The van der Waals surface area contributed by atoms with Crippen molar-refractivity contribution in [2.24, 2.45) is 0 Å². The second kappa shape index (κ2) is 5.29. The van der Waals surface area contributed by atoms with Crippen LogP contribution in [0.25, 0.3) is 10.9 Å². The molecule has 20 heavy (non-hydrogen) atoms. The van der Waals surface area contributed by atoms with E-state index in [2.05, 4.69) is 9.88 Å². The molecule has 1 aromatic carbocycles. The summed E-state index contributed by atoms with van der Waals surface area (Å²) in [5.41, 5.74) is 3.47. The van der Waals surface area contributed by atoms with Crippen molar-refractivity contribution in [3.8, 4) is 0 Å². The lowest BCUT2D eigenvalue weighted by Gasteiger charge is -2.14. The Bertz CT molecular complexity index is 639. The molecule has 0 radical (unpaired) electrons. The Kier molecular flexibility index (Phi) is 3.49. The number of carboxylic acids is 1. The van der Waals surface area contributed by atoms with Crippen LogP contribution in [0.2, 0.25) is 0 Å². The number of aryl methyl sites for hydroxylation is 1. The second-order valence-corrected chi connectivity index (χ2v) is 5.56. The van der Waals surface area contributed by atoms with Crippen molar-refractivity contribution in [1.29, 1.82) is 0 Å². The molecule has 2 aromatic rings. The first-order chi connectivity index (χ1) is 9.66. The molecule has 0 aliphatic carbocycles. The fourth-order valence-corrected chi connectivity index (χ4v) is 3.18. The van der Waals surface area contributed by atoms with Crippen LogP contribution in [-0.2, 0) is 6.42 Å². The van der Waals surface area contributed by atoms with Crippen molar-refractivity contribution < 1.29 is 9.90 Å². The Morgan fingerprint density at radius 2 is 2.10 bits per heavy atom. The summed E-state index contributed by atoms with van der Waals surface area (Å²) < 4.78 is 0. The van der Waals surface area contributed by atoms with Crippen LogP contribution in [0, 0.1) is 6.92 Å². The summed E-state index contributed by atoms with van der Waals surface area (Å²) in [5, 5.41) is 10.3. The van der Waals surface area contributed by atoms with E-state index in [1.165, 1.54) is 31.5 Å². The van der Waals surface area contributed by atoms with E-state index in [-0.39, 0.29) is 0 Å². The Morgan fingerprint density at radius 3 is 2.80 bits per heavy atom. The molecule has 0 spiro atoms. The monoisotopic (exact) mass is 272 g/mol. The summed E-state index contributed by atoms with van der Waals surface area (Å²) in [5.74, 6) is -0.872. The van der Waals surface area contributed by atoms with E-state index in [1.54, 1.807) is 6.07 Å². The number of likely N-dealkylation sites (tertiary alicyclic amines) is 1. The van der Waals surface area contributed by atoms with Crippen LogP contribution in [0.1, 0.15) is 34.5 Å². The van der Waals surface area contributed by atoms with Gasteiger partial charge in [0.05, 0.1) is 11.1 Å². The summed E-state index contributed by atoms with van der Waals surface area (Å²) in [6.45, 7) is 5.49. The molecule has 1 aliphatic heterocycles. The molecule has 0 saturated carbocycles. The van der Waals surface area contributed by atoms with Crippen molar-refractivity contribution in [1.82, 2.24) is 9.88 Å². The topological polar surface area (TPSA) is 56.3 Å². The number of carbonyl (C=O) groups is 1. The van der Waals surface area contributed by atoms with E-state index >= 15 is 0 Å². The lowest BCUT2D eigenvalue weighted by atomic mass is 10.1. The van der Waals surface area contributed by atoms with Crippen molar-refractivity contribution in [2.75, 3.05) is 19.6 Å². The van der Waals surface area contributed by atoms with Gasteiger partial charge in [-0.2, -0.15) is 0 Å². The first-order valence-electron chi connectivity index (χ1n) is 7.22. The number of para-hydroxylation sites is 1. The van der Waals surface area contributed by atoms with Gasteiger partial charge >= 0.3 is 5.97 Å². The number of aromatic carboxylic acids is 1. The van der Waals surface area contributed by atoms with Crippen LogP contribution in [0.3, 0.4) is 0 Å². The van der Waals surface area contributed by atoms with Crippen LogP contribution in [0.4, 0.5) is 0 Å². The molecule has 106 valence electrons. The van der Waals surface area contributed by atoms with E-state index in [0.29, 0.717) is 5.56 Å². The second-order valence-electron chi connectivity index (χ2n) is 5.56. The zero-order valence-corrected chi connectivity index (χ0v) is 11.8. The molecule has 1 fully saturated rings. The lowest BCUT2D eigenvalue weighted by Crippen LogP contribution is -2.22. The van der Waals surface area contributed by atoms with Crippen molar-refractivity contribution >= 4 is 16.9 Å². The maximum absolute atomic E-state index is 11.3. The molecule has 4 heteroatoms. The molecule has 4 nitrogen and oxygen atoms in total. The van der Waals surface area contributed by atoms with Crippen LogP contribution in [-0.4, -0.2) is 40.6 Å². The van der Waals surface area contributed by atoms with Crippen LogP contribution < -0.4 is 0 Å². The number of benzene rings is 1. The molecule has 2 N–H and O–H groups in total. The molecule has 1 aliphatic rings. The summed E-state index contributed by atoms with van der Waals surface area (Å²) in [6.07, 6.45) is 3.58. The highest BCUT2D eigenvalue weighted by Crippen LogP contribution is 2.26. The Balaban J connectivity index is 1.92. The standard InChI is InChI=1S/C16H20N2O2/c1-11-12(7-10-18-8-2-3-9-18)13-5-4-6-14(16(19)20)15(13)17-11/h4-6,17H,2-3,7-10H2,1H3,(H,19,20). The lowest BCUT2D eigenvalue weighted by molar-refractivity contribution is 0.0699. The zero-order valence-electron chi connectivity index (χ0n) is 11.8. The molecule has 0 atom stereocenters. The van der Waals surface area contributed by atoms with Gasteiger partial charge in [-0.05, 0) is 50.9 Å². The van der Waals surface area contributed by atoms with Gasteiger partial charge in [0, 0.05) is 17.6 Å². The highest BCUT2D eigenvalue weighted by molar-refractivity contribution is 6.03. The van der Waals surface area contributed by atoms with E-state index in [4.69, 9.17) is 0 Å². The number of hydrogen-bond acceptors (Lipinski definition) is 2. The molecule has 0 unspecified atom stereocenters. The minimum absolute atomic E-state index is 0.359. The third-order valence-electron chi connectivity index (χ3n) is 4.26. The van der Waals surface area contributed by atoms with Gasteiger partial charge in [0.15, 0.2) is 0 Å². The number of rotatable bonds is 4. The van der Waals surface area contributed by atoms with Gasteiger partial charge < -0.3 is 15.0 Å². The number of H-pyrrole nitrogens is 1. The molecular formula is C16H20N2O2. The first kappa shape index (κ1) is 13.2. The number of aromatic nitrogens is 1. The van der Waals surface area contributed by atoms with Gasteiger partial charge in [-0.15, -0.1) is 0 Å². The first-order valence-corrected chi connectivity index (χ1v) is 7.22. The molecule has 1 aromatic heterocycles. The average molecular weight is 272 g/mol. The highest BCUT2D eigenvalue weighted by atomic mass is 16.4. The summed E-state index contributed by atoms with van der Waals surface area (Å²) in [7, 11) is 0. The van der Waals surface area contributed by atoms with Crippen molar-refractivity contribution in [3.63, 3.8) is 0 Å². The summed E-state index contributed by atoms with van der Waals surface area (Å²) in [6, 6.07) is 5.51. The minimum atomic E-state index is -0.872. The summed E-state index contributed by atoms with van der Waals surface area (Å²) in [4.78, 5) is 17.0. The van der Waals surface area contributed by atoms with Gasteiger partial charge in [0.25, 0.3) is 0 Å². The van der Waals surface area contributed by atoms with E-state index in [0.717, 1.165) is 29.6 Å². The zero-order chi connectivity index (χ0) is 14.1. The van der Waals surface area contributed by atoms with Gasteiger partial charge in [0.2, 0.25) is 0 Å². The molecule has 0 amide bonds. The highest BCUT2D eigenvalue weighted by Gasteiger charge is 2.16. The SMILES string of the molecule is Cc1[nH]c2c(C(=O)O)cccc2c1CCN1CCCC1. The number of carboxylic acid groups (broad SMARTS) is 1. The van der Waals surface area contributed by atoms with Crippen LogP contribution >= 0.6 is 0 Å². The Labute approximate surface area is 118 Å². The fourth-order valence-electron chi connectivity index (χ4n) is 3.18. The molecule has 3 rings (SSSR count). The van der Waals surface area contributed by atoms with Crippen LogP contribution in [0.15, 0.2) is 18.2 Å². The van der Waals surface area contributed by atoms with Crippen LogP contribution in [0.5, 0.6) is 0 Å². The van der Waals surface area contributed by atoms with Gasteiger partial charge in [0.1, 0.15) is 0 Å². The van der Waals surface area contributed by atoms with Gasteiger partial charge in [-0.3, -0.25) is 0 Å². The molecule has 2 heterocycles. The fraction of sp³-hybridized carbons (Fsp3) is 0.438. The van der Waals surface area contributed by atoms with E-state index < -0.39 is 5.97 Å².